The van der Waals surface area contributed by atoms with Crippen molar-refractivity contribution in [2.24, 2.45) is 0 Å². The number of benzene rings is 1. The molecule has 84 valence electrons. The van der Waals surface area contributed by atoms with Crippen LogP contribution in [0.2, 0.25) is 18.1 Å². The lowest BCUT2D eigenvalue weighted by atomic mass is 10.3. The molecule has 0 saturated carbocycles. The van der Waals surface area contributed by atoms with E-state index in [1.807, 2.05) is 0 Å². The third-order valence-electron chi connectivity index (χ3n) is 3.73. The first-order valence-electron chi connectivity index (χ1n) is 5.87. The number of ether oxygens (including phenoxy) is 1. The molecule has 2 heteroatoms. The molecule has 0 fully saturated rings. The Kier molecular flexibility index (Phi) is 4.39. The summed E-state index contributed by atoms with van der Waals surface area (Å²) >= 11 is 0. The number of methoxy groups -OCH3 is 1. The van der Waals surface area contributed by atoms with Crippen molar-refractivity contribution in [2.75, 3.05) is 7.11 Å². The van der Waals surface area contributed by atoms with Gasteiger partial charge in [0.2, 0.25) is 0 Å². The summed E-state index contributed by atoms with van der Waals surface area (Å²) in [5.41, 5.74) is 0. The Labute approximate surface area is 94.5 Å². The average molecular weight is 222 g/mol. The van der Waals surface area contributed by atoms with Gasteiger partial charge in [-0.05, 0) is 12.1 Å². The van der Waals surface area contributed by atoms with Crippen LogP contribution in [0, 0.1) is 0 Å². The largest absolute Gasteiger partial charge is 0.497 e. The van der Waals surface area contributed by atoms with Crippen LogP contribution >= 0.6 is 0 Å². The van der Waals surface area contributed by atoms with Gasteiger partial charge >= 0.3 is 0 Å². The zero-order chi connectivity index (χ0) is 11.3. The molecule has 0 heterocycles. The molecule has 15 heavy (non-hydrogen) atoms. The maximum absolute atomic E-state index is 5.20. The van der Waals surface area contributed by atoms with E-state index in [-0.39, 0.29) is 0 Å². The molecule has 0 amide bonds. The second-order valence-corrected chi connectivity index (χ2v) is 9.33. The van der Waals surface area contributed by atoms with Crippen molar-refractivity contribution in [3.05, 3.63) is 24.3 Å². The van der Waals surface area contributed by atoms with E-state index >= 15 is 0 Å². The zero-order valence-electron chi connectivity index (χ0n) is 10.3. The van der Waals surface area contributed by atoms with Gasteiger partial charge < -0.3 is 4.74 Å². The lowest BCUT2D eigenvalue weighted by Gasteiger charge is -2.28. The Morgan fingerprint density at radius 3 is 1.73 bits per heavy atom. The Hall–Kier alpha value is -0.763. The van der Waals surface area contributed by atoms with Crippen LogP contribution in [-0.2, 0) is 0 Å². The third-order valence-corrected chi connectivity index (χ3v) is 9.35. The first-order valence-corrected chi connectivity index (χ1v) is 8.49. The summed E-state index contributed by atoms with van der Waals surface area (Å²) < 4.78 is 5.20. The van der Waals surface area contributed by atoms with Gasteiger partial charge in [0.1, 0.15) is 5.75 Å². The molecule has 0 aliphatic carbocycles. The quantitative estimate of drug-likeness (QED) is 0.694. The minimum atomic E-state index is -1.18. The van der Waals surface area contributed by atoms with Gasteiger partial charge in [0.15, 0.2) is 0 Å². The lowest BCUT2D eigenvalue weighted by molar-refractivity contribution is 0.415. The van der Waals surface area contributed by atoms with Gasteiger partial charge in [-0.3, -0.25) is 0 Å². The van der Waals surface area contributed by atoms with Crippen LogP contribution < -0.4 is 9.92 Å². The van der Waals surface area contributed by atoms with Gasteiger partial charge in [-0.25, -0.2) is 0 Å². The molecule has 0 aromatic heterocycles. The molecule has 0 atom stereocenters. The molecular weight excluding hydrogens is 200 g/mol. The van der Waals surface area contributed by atoms with Crippen molar-refractivity contribution in [3.8, 4) is 5.75 Å². The summed E-state index contributed by atoms with van der Waals surface area (Å²) in [7, 11) is 0.537. The Morgan fingerprint density at radius 2 is 1.40 bits per heavy atom. The molecule has 0 unspecified atom stereocenters. The maximum Gasteiger partial charge on any atom is 0.118 e. The van der Waals surface area contributed by atoms with Crippen LogP contribution in [0.25, 0.3) is 0 Å². The average Bonchev–Trinajstić information content (AvgIpc) is 2.33. The summed E-state index contributed by atoms with van der Waals surface area (Å²) in [4.78, 5) is 0. The van der Waals surface area contributed by atoms with E-state index in [0.29, 0.717) is 0 Å². The lowest BCUT2D eigenvalue weighted by Crippen LogP contribution is -2.45. The van der Waals surface area contributed by atoms with Gasteiger partial charge in [0, 0.05) is 0 Å². The first kappa shape index (κ1) is 12.3. The van der Waals surface area contributed by atoms with E-state index in [4.69, 9.17) is 4.74 Å². The molecule has 1 rings (SSSR count). The van der Waals surface area contributed by atoms with Crippen LogP contribution in [0.1, 0.15) is 20.8 Å². The molecule has 0 saturated heterocycles. The highest BCUT2D eigenvalue weighted by Crippen LogP contribution is 2.21. The second-order valence-electron chi connectivity index (χ2n) is 4.07. The smallest absolute Gasteiger partial charge is 0.118 e. The van der Waals surface area contributed by atoms with Crippen molar-refractivity contribution in [3.63, 3.8) is 0 Å². The second kappa shape index (κ2) is 5.36. The van der Waals surface area contributed by atoms with Crippen LogP contribution in [-0.4, -0.2) is 15.2 Å². The van der Waals surface area contributed by atoms with Gasteiger partial charge in [-0.1, -0.05) is 56.2 Å². The summed E-state index contributed by atoms with van der Waals surface area (Å²) in [6.45, 7) is 7.01. The Morgan fingerprint density at radius 1 is 0.933 bits per heavy atom. The summed E-state index contributed by atoms with van der Waals surface area (Å²) in [5.74, 6) is 0.963. The van der Waals surface area contributed by atoms with Crippen LogP contribution in [0.3, 0.4) is 0 Å². The van der Waals surface area contributed by atoms with Crippen molar-refractivity contribution in [1.82, 2.24) is 0 Å². The highest BCUT2D eigenvalue weighted by Gasteiger charge is 2.28. The van der Waals surface area contributed by atoms with Crippen LogP contribution in [0.5, 0.6) is 5.75 Å². The van der Waals surface area contributed by atoms with Gasteiger partial charge in [0.05, 0.1) is 15.2 Å². The third kappa shape index (κ3) is 2.43. The normalized spacial score (nSPS) is 11.5. The fourth-order valence-electron chi connectivity index (χ4n) is 2.31. The van der Waals surface area contributed by atoms with Gasteiger partial charge in [-0.2, -0.15) is 0 Å². The predicted octanol–water partition coefficient (Wildman–Crippen LogP) is 3.41. The van der Waals surface area contributed by atoms with Crippen molar-refractivity contribution in [1.29, 1.82) is 0 Å². The van der Waals surface area contributed by atoms with Gasteiger partial charge in [-0.15, -0.1) is 0 Å². The molecule has 0 radical (unpaired) electrons. The fourth-order valence-corrected chi connectivity index (χ4v) is 5.91. The Bertz CT molecular complexity index is 280. The van der Waals surface area contributed by atoms with Gasteiger partial charge in [0.25, 0.3) is 0 Å². The summed E-state index contributed by atoms with van der Waals surface area (Å²) in [5, 5.41) is 1.58. The highest BCUT2D eigenvalue weighted by molar-refractivity contribution is 6.91. The van der Waals surface area contributed by atoms with Crippen molar-refractivity contribution in [2.45, 2.75) is 38.9 Å². The number of rotatable bonds is 5. The predicted molar refractivity (Wildman–Crippen MR) is 69.8 cm³/mol. The monoisotopic (exact) mass is 222 g/mol. The standard InChI is InChI=1S/C13H22OSi/c1-5-15(6-2,7-3)13-10-8-12(14-4)9-11-13/h8-11H,5-7H2,1-4H3. The van der Waals surface area contributed by atoms with E-state index < -0.39 is 8.07 Å². The Balaban J connectivity index is 3.01. The SMILES string of the molecule is CC[Si](CC)(CC)c1ccc(OC)cc1. The summed E-state index contributed by atoms with van der Waals surface area (Å²) in [6, 6.07) is 12.7. The van der Waals surface area contributed by atoms with E-state index in [9.17, 15) is 0 Å². The molecule has 0 bridgehead atoms. The van der Waals surface area contributed by atoms with Crippen LogP contribution in [0.4, 0.5) is 0 Å². The first-order chi connectivity index (χ1) is 7.22. The fraction of sp³-hybridized carbons (Fsp3) is 0.538. The van der Waals surface area contributed by atoms with E-state index in [2.05, 4.69) is 45.0 Å². The van der Waals surface area contributed by atoms with Crippen LogP contribution in [0.15, 0.2) is 24.3 Å². The number of hydrogen-bond acceptors (Lipinski definition) is 1. The zero-order valence-corrected chi connectivity index (χ0v) is 11.3. The van der Waals surface area contributed by atoms with E-state index in [1.54, 1.807) is 12.3 Å². The molecular formula is C13H22OSi. The molecule has 0 aliphatic rings. The van der Waals surface area contributed by atoms with Crippen molar-refractivity contribution >= 4 is 13.3 Å². The van der Waals surface area contributed by atoms with Crippen molar-refractivity contribution < 1.29 is 4.74 Å². The minimum absolute atomic E-state index is 0.963. The topological polar surface area (TPSA) is 9.23 Å². The molecule has 0 aliphatic heterocycles. The highest BCUT2D eigenvalue weighted by atomic mass is 28.3. The summed E-state index contributed by atoms with van der Waals surface area (Å²) in [6.07, 6.45) is 0. The van der Waals surface area contributed by atoms with E-state index in [1.165, 1.54) is 18.1 Å². The molecule has 0 N–H and O–H groups in total. The molecule has 1 nitrogen and oxygen atoms in total. The number of hydrogen-bond donors (Lipinski definition) is 0. The molecule has 1 aromatic rings. The minimum Gasteiger partial charge on any atom is -0.497 e. The maximum atomic E-state index is 5.20. The molecule has 1 aromatic carbocycles. The van der Waals surface area contributed by atoms with E-state index in [0.717, 1.165) is 5.75 Å². The molecule has 0 spiro atoms.